The van der Waals surface area contributed by atoms with Gasteiger partial charge in [0.15, 0.2) is 0 Å². The molecule has 1 saturated heterocycles. The number of aryl methyl sites for hydroxylation is 1. The van der Waals surface area contributed by atoms with Crippen molar-refractivity contribution in [1.82, 2.24) is 4.90 Å². The third kappa shape index (κ3) is 5.82. The molecule has 0 aliphatic carbocycles. The lowest BCUT2D eigenvalue weighted by Gasteiger charge is -2.35. The summed E-state index contributed by atoms with van der Waals surface area (Å²) in [6, 6.07) is 12.2. The van der Waals surface area contributed by atoms with Gasteiger partial charge in [-0.05, 0) is 55.0 Å². The van der Waals surface area contributed by atoms with Gasteiger partial charge in [0.2, 0.25) is 11.8 Å². The molecule has 2 heterocycles. The summed E-state index contributed by atoms with van der Waals surface area (Å²) in [5, 5.41) is 5.07. The molecule has 0 unspecified atom stereocenters. The van der Waals surface area contributed by atoms with E-state index < -0.39 is 0 Å². The maximum absolute atomic E-state index is 12.1. The van der Waals surface area contributed by atoms with Crippen LogP contribution >= 0.6 is 11.3 Å². The van der Waals surface area contributed by atoms with Crippen molar-refractivity contribution in [3.05, 3.63) is 46.7 Å². The Balaban J connectivity index is 1.39. The van der Waals surface area contributed by atoms with E-state index in [0.717, 1.165) is 56.8 Å². The molecule has 1 aromatic heterocycles. The molecule has 0 saturated carbocycles. The first-order valence-corrected chi connectivity index (χ1v) is 10.4. The predicted molar refractivity (Wildman–Crippen MR) is 111 cm³/mol. The van der Waals surface area contributed by atoms with E-state index in [1.54, 1.807) is 18.3 Å². The second-order valence-electron chi connectivity index (χ2n) is 6.87. The maximum Gasteiger partial charge on any atom is 0.224 e. The Labute approximate surface area is 165 Å². The second kappa shape index (κ2) is 9.55. The van der Waals surface area contributed by atoms with Gasteiger partial charge >= 0.3 is 0 Å². The fourth-order valence-corrected chi connectivity index (χ4v) is 4.05. The van der Waals surface area contributed by atoms with Gasteiger partial charge in [-0.2, -0.15) is 0 Å². The van der Waals surface area contributed by atoms with Crippen LogP contribution in [0.2, 0.25) is 0 Å². The van der Waals surface area contributed by atoms with Crippen LogP contribution in [0, 0.1) is 0 Å². The third-order valence-corrected chi connectivity index (χ3v) is 5.83. The minimum Gasteiger partial charge on any atom is -0.368 e. The average molecular weight is 386 g/mol. The van der Waals surface area contributed by atoms with Crippen molar-refractivity contribution in [1.29, 1.82) is 0 Å². The van der Waals surface area contributed by atoms with Crippen LogP contribution in [0.25, 0.3) is 0 Å². The Morgan fingerprint density at radius 1 is 1.04 bits per heavy atom. The van der Waals surface area contributed by atoms with Gasteiger partial charge in [0.25, 0.3) is 0 Å². The van der Waals surface area contributed by atoms with E-state index in [-0.39, 0.29) is 11.8 Å². The highest BCUT2D eigenvalue weighted by molar-refractivity contribution is 7.09. The van der Waals surface area contributed by atoms with Crippen molar-refractivity contribution in [2.45, 2.75) is 32.6 Å². The lowest BCUT2D eigenvalue weighted by molar-refractivity contribution is -0.129. The van der Waals surface area contributed by atoms with Crippen molar-refractivity contribution in [3.8, 4) is 0 Å². The Morgan fingerprint density at radius 2 is 1.78 bits per heavy atom. The molecule has 0 radical (unpaired) electrons. The first-order valence-electron chi connectivity index (χ1n) is 9.54. The summed E-state index contributed by atoms with van der Waals surface area (Å²) in [6.45, 7) is 4.83. The van der Waals surface area contributed by atoms with Crippen molar-refractivity contribution in [3.63, 3.8) is 0 Å². The van der Waals surface area contributed by atoms with E-state index in [4.69, 9.17) is 0 Å². The normalized spacial score (nSPS) is 14.3. The van der Waals surface area contributed by atoms with Gasteiger partial charge in [-0.25, -0.2) is 0 Å². The molecule has 0 bridgehead atoms. The fourth-order valence-electron chi connectivity index (χ4n) is 3.30. The average Bonchev–Trinajstić information content (AvgIpc) is 3.19. The molecule has 1 aliphatic heterocycles. The SMILES string of the molecule is CC(=O)N1CCN(c2ccc(NC(=O)CCCCc3cccs3)cc2)CC1. The molecule has 27 heavy (non-hydrogen) atoms. The largest absolute Gasteiger partial charge is 0.368 e. The molecule has 1 fully saturated rings. The quantitative estimate of drug-likeness (QED) is 0.738. The number of hydrogen-bond acceptors (Lipinski definition) is 4. The summed E-state index contributed by atoms with van der Waals surface area (Å²) in [5.74, 6) is 0.215. The van der Waals surface area contributed by atoms with Crippen molar-refractivity contribution >= 4 is 34.5 Å². The van der Waals surface area contributed by atoms with Crippen LogP contribution in [0.15, 0.2) is 41.8 Å². The Hall–Kier alpha value is -2.34. The fraction of sp³-hybridized carbons (Fsp3) is 0.429. The lowest BCUT2D eigenvalue weighted by Crippen LogP contribution is -2.48. The first kappa shape index (κ1) is 19.4. The van der Waals surface area contributed by atoms with E-state index in [0.29, 0.717) is 6.42 Å². The van der Waals surface area contributed by atoms with E-state index in [9.17, 15) is 9.59 Å². The molecule has 3 rings (SSSR count). The molecule has 144 valence electrons. The number of unbranched alkanes of at least 4 members (excludes halogenated alkanes) is 1. The van der Waals surface area contributed by atoms with Crippen LogP contribution in [0.3, 0.4) is 0 Å². The molecule has 5 nitrogen and oxygen atoms in total. The summed E-state index contributed by atoms with van der Waals surface area (Å²) in [4.78, 5) is 29.1. The molecule has 0 spiro atoms. The number of nitrogens with one attached hydrogen (secondary N) is 1. The Morgan fingerprint density at radius 3 is 2.41 bits per heavy atom. The van der Waals surface area contributed by atoms with E-state index in [2.05, 4.69) is 27.7 Å². The van der Waals surface area contributed by atoms with Gasteiger partial charge in [0.1, 0.15) is 0 Å². The molecule has 2 amide bonds. The third-order valence-electron chi connectivity index (χ3n) is 4.90. The maximum atomic E-state index is 12.1. The van der Waals surface area contributed by atoms with Crippen LogP contribution in [0.1, 0.15) is 31.1 Å². The van der Waals surface area contributed by atoms with E-state index in [1.165, 1.54) is 4.88 Å². The zero-order chi connectivity index (χ0) is 19.1. The summed E-state index contributed by atoms with van der Waals surface area (Å²) in [6.07, 6.45) is 3.55. The summed E-state index contributed by atoms with van der Waals surface area (Å²) >= 11 is 1.77. The van der Waals surface area contributed by atoms with Crippen LogP contribution in [-0.2, 0) is 16.0 Å². The molecule has 6 heteroatoms. The van der Waals surface area contributed by atoms with E-state index >= 15 is 0 Å². The zero-order valence-electron chi connectivity index (χ0n) is 15.8. The number of carbonyl (C=O) groups excluding carboxylic acids is 2. The summed E-state index contributed by atoms with van der Waals surface area (Å²) in [5.41, 5.74) is 1.97. The number of piperazine rings is 1. The van der Waals surface area contributed by atoms with Gasteiger partial charge in [0.05, 0.1) is 0 Å². The molecular weight excluding hydrogens is 358 g/mol. The standard InChI is InChI=1S/C21H27N3O2S/c1-17(25)23-12-14-24(15-13-23)19-10-8-18(9-11-19)22-21(26)7-3-2-5-20-6-4-16-27-20/h4,6,8-11,16H,2-3,5,7,12-15H2,1H3,(H,22,26). The number of thiophene rings is 1. The molecular formula is C21H27N3O2S. The minimum absolute atomic E-state index is 0.0732. The highest BCUT2D eigenvalue weighted by Gasteiger charge is 2.18. The van der Waals surface area contributed by atoms with Gasteiger partial charge < -0.3 is 15.1 Å². The van der Waals surface area contributed by atoms with Gasteiger partial charge in [-0.1, -0.05) is 6.07 Å². The zero-order valence-corrected chi connectivity index (χ0v) is 16.6. The Kier molecular flexibility index (Phi) is 6.87. The summed E-state index contributed by atoms with van der Waals surface area (Å²) in [7, 11) is 0. The number of carbonyl (C=O) groups is 2. The lowest BCUT2D eigenvalue weighted by atomic mass is 10.1. The van der Waals surface area contributed by atoms with Crippen molar-refractivity contribution in [2.75, 3.05) is 36.4 Å². The number of amides is 2. The van der Waals surface area contributed by atoms with Crippen LogP contribution in [0.5, 0.6) is 0 Å². The van der Waals surface area contributed by atoms with Gasteiger partial charge in [-0.3, -0.25) is 9.59 Å². The van der Waals surface area contributed by atoms with Crippen LogP contribution in [0.4, 0.5) is 11.4 Å². The van der Waals surface area contributed by atoms with E-state index in [1.807, 2.05) is 29.2 Å². The molecule has 0 atom stereocenters. The number of rotatable bonds is 7. The van der Waals surface area contributed by atoms with Crippen molar-refractivity contribution in [2.24, 2.45) is 0 Å². The van der Waals surface area contributed by atoms with Gasteiger partial charge in [0, 0.05) is 55.8 Å². The van der Waals surface area contributed by atoms with Crippen LogP contribution < -0.4 is 10.2 Å². The smallest absolute Gasteiger partial charge is 0.224 e. The highest BCUT2D eigenvalue weighted by Crippen LogP contribution is 2.20. The monoisotopic (exact) mass is 385 g/mol. The summed E-state index contributed by atoms with van der Waals surface area (Å²) < 4.78 is 0. The Bertz CT molecular complexity index is 735. The molecule has 2 aromatic rings. The number of nitrogens with zero attached hydrogens (tertiary/aromatic N) is 2. The number of benzene rings is 1. The highest BCUT2D eigenvalue weighted by atomic mass is 32.1. The van der Waals surface area contributed by atoms with Gasteiger partial charge in [-0.15, -0.1) is 11.3 Å². The number of hydrogen-bond donors (Lipinski definition) is 1. The predicted octanol–water partition coefficient (Wildman–Crippen LogP) is 3.77. The molecule has 1 N–H and O–H groups in total. The minimum atomic E-state index is 0.0732. The van der Waals surface area contributed by atoms with Crippen LogP contribution in [-0.4, -0.2) is 42.9 Å². The second-order valence-corrected chi connectivity index (χ2v) is 7.91. The van der Waals surface area contributed by atoms with Crippen molar-refractivity contribution < 1.29 is 9.59 Å². The topological polar surface area (TPSA) is 52.7 Å². The number of anilines is 2. The molecule has 1 aliphatic rings. The molecule has 1 aromatic carbocycles. The first-order chi connectivity index (χ1) is 13.1.